The second-order valence-corrected chi connectivity index (χ2v) is 8.87. The SMILES string of the molecule is CC[C@H]1SC(C=O)N(Cc2ccc(NC(=O)c3cnco3)cc2)N=C1c1ccc(OC)c(O)c1. The predicted octanol–water partition coefficient (Wildman–Crippen LogP) is 3.90. The van der Waals surface area contributed by atoms with Crippen LogP contribution in [0.15, 0.2) is 64.6 Å². The number of phenols is 1. The van der Waals surface area contributed by atoms with Crippen LogP contribution in [0.3, 0.4) is 0 Å². The lowest BCUT2D eigenvalue weighted by Gasteiger charge is -2.34. The van der Waals surface area contributed by atoms with Gasteiger partial charge in [-0.1, -0.05) is 19.1 Å². The van der Waals surface area contributed by atoms with Crippen molar-refractivity contribution in [1.82, 2.24) is 9.99 Å². The van der Waals surface area contributed by atoms with Crippen LogP contribution in [-0.2, 0) is 11.3 Å². The molecule has 0 saturated heterocycles. The van der Waals surface area contributed by atoms with Crippen LogP contribution in [0.2, 0.25) is 0 Å². The Morgan fingerprint density at radius 3 is 2.71 bits per heavy atom. The number of thioether (sulfide) groups is 1. The molecule has 1 amide bonds. The topological polar surface area (TPSA) is 117 Å². The molecular weight excluding hydrogens is 456 g/mol. The minimum Gasteiger partial charge on any atom is -0.504 e. The van der Waals surface area contributed by atoms with Crippen molar-refractivity contribution in [2.75, 3.05) is 12.4 Å². The Balaban J connectivity index is 1.54. The first-order chi connectivity index (χ1) is 16.5. The Morgan fingerprint density at radius 1 is 1.29 bits per heavy atom. The number of nitrogens with one attached hydrogen (secondary N) is 1. The third-order valence-electron chi connectivity index (χ3n) is 5.31. The van der Waals surface area contributed by atoms with E-state index in [1.165, 1.54) is 31.5 Å². The molecule has 1 aliphatic rings. The van der Waals surface area contributed by atoms with Crippen molar-refractivity contribution in [3.05, 3.63) is 71.9 Å². The molecular formula is C24H24N4O5S. The largest absolute Gasteiger partial charge is 0.504 e. The molecule has 1 unspecified atom stereocenters. The molecule has 0 aliphatic carbocycles. The fourth-order valence-corrected chi connectivity index (χ4v) is 4.74. The lowest BCUT2D eigenvalue weighted by Crippen LogP contribution is -2.39. The van der Waals surface area contributed by atoms with Gasteiger partial charge in [-0.2, -0.15) is 5.10 Å². The maximum Gasteiger partial charge on any atom is 0.293 e. The van der Waals surface area contributed by atoms with E-state index in [9.17, 15) is 14.7 Å². The van der Waals surface area contributed by atoms with Gasteiger partial charge in [0.05, 0.1) is 30.8 Å². The molecule has 4 rings (SSSR count). The Labute approximate surface area is 200 Å². The molecule has 2 N–H and O–H groups in total. The van der Waals surface area contributed by atoms with Crippen molar-refractivity contribution in [2.45, 2.75) is 30.5 Å². The highest BCUT2D eigenvalue weighted by Gasteiger charge is 2.31. The Kier molecular flexibility index (Phi) is 7.17. The summed E-state index contributed by atoms with van der Waals surface area (Å²) < 4.78 is 10.1. The number of methoxy groups -OCH3 is 1. The van der Waals surface area contributed by atoms with Gasteiger partial charge in [0.25, 0.3) is 5.91 Å². The highest BCUT2D eigenvalue weighted by atomic mass is 32.2. The predicted molar refractivity (Wildman–Crippen MR) is 129 cm³/mol. The number of aromatic hydroxyl groups is 1. The van der Waals surface area contributed by atoms with E-state index in [4.69, 9.17) is 14.3 Å². The number of nitrogens with zero attached hydrogens (tertiary/aromatic N) is 3. The van der Waals surface area contributed by atoms with Crippen molar-refractivity contribution in [3.8, 4) is 11.5 Å². The third-order valence-corrected chi connectivity index (χ3v) is 6.83. The molecule has 1 aromatic heterocycles. The maximum atomic E-state index is 12.1. The van der Waals surface area contributed by atoms with Gasteiger partial charge in [-0.25, -0.2) is 4.98 Å². The molecule has 176 valence electrons. The minimum absolute atomic E-state index is 0.00734. The summed E-state index contributed by atoms with van der Waals surface area (Å²) in [5, 5.41) is 19.1. The molecule has 34 heavy (non-hydrogen) atoms. The smallest absolute Gasteiger partial charge is 0.293 e. The summed E-state index contributed by atoms with van der Waals surface area (Å²) in [5.41, 5.74) is 3.09. The quantitative estimate of drug-likeness (QED) is 0.466. The molecule has 2 atom stereocenters. The first kappa shape index (κ1) is 23.4. The van der Waals surface area contributed by atoms with E-state index in [1.807, 2.05) is 25.1 Å². The minimum atomic E-state index is -0.439. The number of phenolic OH excluding ortho intramolecular Hbond substituents is 1. The molecule has 0 spiro atoms. The summed E-state index contributed by atoms with van der Waals surface area (Å²) in [6.45, 7) is 2.44. The molecule has 0 fully saturated rings. The van der Waals surface area contributed by atoms with Gasteiger partial charge in [0, 0.05) is 11.3 Å². The number of amides is 1. The number of rotatable bonds is 8. The summed E-state index contributed by atoms with van der Waals surface area (Å²) in [4.78, 5) is 27.7. The van der Waals surface area contributed by atoms with Gasteiger partial charge in [0.1, 0.15) is 5.37 Å². The van der Waals surface area contributed by atoms with Crippen molar-refractivity contribution in [3.63, 3.8) is 0 Å². The lowest BCUT2D eigenvalue weighted by atomic mass is 10.0. The zero-order valence-electron chi connectivity index (χ0n) is 18.7. The van der Waals surface area contributed by atoms with E-state index in [0.717, 1.165) is 29.5 Å². The van der Waals surface area contributed by atoms with Crippen LogP contribution < -0.4 is 10.1 Å². The monoisotopic (exact) mass is 480 g/mol. The van der Waals surface area contributed by atoms with Crippen LogP contribution in [0.5, 0.6) is 11.5 Å². The number of aromatic nitrogens is 1. The summed E-state index contributed by atoms with van der Waals surface area (Å²) in [6.07, 6.45) is 4.22. The van der Waals surface area contributed by atoms with Crippen LogP contribution in [0.25, 0.3) is 0 Å². The molecule has 0 radical (unpaired) electrons. The Hall–Kier alpha value is -3.79. The second-order valence-electron chi connectivity index (χ2n) is 7.55. The highest BCUT2D eigenvalue weighted by molar-refractivity contribution is 8.01. The number of benzene rings is 2. The molecule has 1 aliphatic heterocycles. The van der Waals surface area contributed by atoms with E-state index >= 15 is 0 Å². The van der Waals surface area contributed by atoms with E-state index in [0.29, 0.717) is 18.0 Å². The van der Waals surface area contributed by atoms with Gasteiger partial charge in [-0.3, -0.25) is 9.80 Å². The van der Waals surface area contributed by atoms with Gasteiger partial charge < -0.3 is 24.4 Å². The lowest BCUT2D eigenvalue weighted by molar-refractivity contribution is -0.110. The number of ether oxygens (including phenoxy) is 1. The van der Waals surface area contributed by atoms with Crippen molar-refractivity contribution < 1.29 is 23.8 Å². The number of anilines is 1. The van der Waals surface area contributed by atoms with Crippen LogP contribution in [0.4, 0.5) is 5.69 Å². The van der Waals surface area contributed by atoms with E-state index in [1.54, 1.807) is 29.3 Å². The van der Waals surface area contributed by atoms with Gasteiger partial charge in [0.15, 0.2) is 24.2 Å². The Morgan fingerprint density at radius 2 is 2.09 bits per heavy atom. The van der Waals surface area contributed by atoms with E-state index in [-0.39, 0.29) is 22.7 Å². The van der Waals surface area contributed by atoms with Crippen LogP contribution in [0, 0.1) is 0 Å². The van der Waals surface area contributed by atoms with Crippen molar-refractivity contribution in [1.29, 1.82) is 0 Å². The molecule has 0 saturated carbocycles. The number of carbonyl (C=O) groups excluding carboxylic acids is 2. The number of hydrogen-bond donors (Lipinski definition) is 2. The second kappa shape index (κ2) is 10.4. The molecule has 0 bridgehead atoms. The molecule has 2 heterocycles. The Bertz CT molecular complexity index is 1180. The molecule has 10 heteroatoms. The van der Waals surface area contributed by atoms with Gasteiger partial charge >= 0.3 is 0 Å². The maximum absolute atomic E-state index is 12.1. The van der Waals surface area contributed by atoms with Gasteiger partial charge in [-0.15, -0.1) is 11.8 Å². The summed E-state index contributed by atoms with van der Waals surface area (Å²) in [6, 6.07) is 12.5. The van der Waals surface area contributed by atoms with Gasteiger partial charge in [-0.05, 0) is 42.3 Å². The molecule has 2 aromatic carbocycles. The zero-order chi connectivity index (χ0) is 24.1. The van der Waals surface area contributed by atoms with Gasteiger partial charge in [0.2, 0.25) is 5.76 Å². The van der Waals surface area contributed by atoms with Crippen LogP contribution in [-0.4, -0.2) is 50.7 Å². The fourth-order valence-electron chi connectivity index (χ4n) is 3.57. The van der Waals surface area contributed by atoms with Crippen LogP contribution >= 0.6 is 11.8 Å². The highest BCUT2D eigenvalue weighted by Crippen LogP contribution is 2.35. The normalized spacial score (nSPS) is 17.7. The summed E-state index contributed by atoms with van der Waals surface area (Å²) in [5.74, 6) is 0.162. The van der Waals surface area contributed by atoms with Crippen LogP contribution in [0.1, 0.15) is 35.0 Å². The molecule has 9 nitrogen and oxygen atoms in total. The zero-order valence-corrected chi connectivity index (χ0v) is 19.5. The number of carbonyl (C=O) groups is 2. The molecule has 3 aromatic rings. The number of oxazole rings is 1. The van der Waals surface area contributed by atoms with Crippen molar-refractivity contribution >= 4 is 35.4 Å². The average molecular weight is 481 g/mol. The first-order valence-electron chi connectivity index (χ1n) is 10.6. The summed E-state index contributed by atoms with van der Waals surface area (Å²) in [7, 11) is 1.50. The first-order valence-corrected chi connectivity index (χ1v) is 11.6. The number of aldehydes is 1. The van der Waals surface area contributed by atoms with E-state index < -0.39 is 5.37 Å². The summed E-state index contributed by atoms with van der Waals surface area (Å²) >= 11 is 1.53. The van der Waals surface area contributed by atoms with Crippen molar-refractivity contribution in [2.24, 2.45) is 5.10 Å². The van der Waals surface area contributed by atoms with E-state index in [2.05, 4.69) is 10.3 Å². The fraction of sp³-hybridized carbons (Fsp3) is 0.250. The standard InChI is InChI=1S/C24H24N4O5S/c1-3-21-23(16-6-9-19(32-2)18(30)10-16)27-28(22(13-29)34-21)12-15-4-7-17(8-5-15)26-24(31)20-11-25-14-33-20/h4-11,13-14,21-22,30H,3,12H2,1-2H3,(H,26,31)/t21-,22?/m1/s1. The average Bonchev–Trinajstić information content (AvgIpc) is 3.40. The third kappa shape index (κ3) is 5.07. The number of hydrogen-bond acceptors (Lipinski definition) is 9. The number of hydrazone groups is 1.